The van der Waals surface area contributed by atoms with Gasteiger partial charge in [-0.1, -0.05) is 12.1 Å². The van der Waals surface area contributed by atoms with Crippen LogP contribution in [0.15, 0.2) is 24.3 Å². The molecule has 0 aromatic heterocycles. The second-order valence-electron chi connectivity index (χ2n) is 6.48. The van der Waals surface area contributed by atoms with Gasteiger partial charge >= 0.3 is 6.03 Å². The van der Waals surface area contributed by atoms with Gasteiger partial charge in [0.05, 0.1) is 20.3 Å². The van der Waals surface area contributed by atoms with Gasteiger partial charge in [0.1, 0.15) is 5.75 Å². The van der Waals surface area contributed by atoms with E-state index in [9.17, 15) is 9.59 Å². The Labute approximate surface area is 147 Å². The molecule has 0 spiro atoms. The number of likely N-dealkylation sites (tertiary alicyclic amines) is 1. The minimum atomic E-state index is -0.0654. The molecule has 1 aromatic rings. The van der Waals surface area contributed by atoms with E-state index in [2.05, 4.69) is 5.32 Å². The van der Waals surface area contributed by atoms with Crippen molar-refractivity contribution in [3.05, 3.63) is 29.8 Å². The molecular weight excluding hydrogens is 322 g/mol. The highest BCUT2D eigenvalue weighted by molar-refractivity contribution is 5.79. The van der Waals surface area contributed by atoms with Crippen LogP contribution >= 0.6 is 0 Å². The number of carbonyl (C=O) groups is 2. The van der Waals surface area contributed by atoms with Crippen LogP contribution in [0.3, 0.4) is 0 Å². The highest BCUT2D eigenvalue weighted by Gasteiger charge is 2.30. The number of methoxy groups -OCH3 is 1. The van der Waals surface area contributed by atoms with Crippen LogP contribution in [0.1, 0.15) is 12.0 Å². The maximum absolute atomic E-state index is 12.2. The third kappa shape index (κ3) is 4.63. The Morgan fingerprint density at radius 1 is 1.28 bits per heavy atom. The third-order valence-electron chi connectivity index (χ3n) is 4.67. The molecule has 0 aliphatic carbocycles. The fourth-order valence-electron chi connectivity index (χ4n) is 3.20. The van der Waals surface area contributed by atoms with Crippen molar-refractivity contribution >= 4 is 11.9 Å². The number of nitrogens with zero attached hydrogens (tertiary/aromatic N) is 2. The molecule has 7 nitrogen and oxygen atoms in total. The monoisotopic (exact) mass is 347 g/mol. The molecule has 0 radical (unpaired) electrons. The van der Waals surface area contributed by atoms with Gasteiger partial charge in [-0.05, 0) is 17.7 Å². The number of amides is 3. The van der Waals surface area contributed by atoms with Crippen molar-refractivity contribution in [3.8, 4) is 5.75 Å². The topological polar surface area (TPSA) is 71.1 Å². The van der Waals surface area contributed by atoms with Crippen molar-refractivity contribution in [1.82, 2.24) is 15.1 Å². The number of rotatable bonds is 5. The van der Waals surface area contributed by atoms with Crippen molar-refractivity contribution in [2.45, 2.75) is 13.0 Å². The quantitative estimate of drug-likeness (QED) is 0.865. The highest BCUT2D eigenvalue weighted by Crippen LogP contribution is 2.21. The highest BCUT2D eigenvalue weighted by atomic mass is 16.5. The summed E-state index contributed by atoms with van der Waals surface area (Å²) in [5.41, 5.74) is 1.08. The Bertz CT molecular complexity index is 599. The Kier molecular flexibility index (Phi) is 5.75. The zero-order valence-electron chi connectivity index (χ0n) is 14.6. The first-order valence-electron chi connectivity index (χ1n) is 8.67. The summed E-state index contributed by atoms with van der Waals surface area (Å²) in [7, 11) is 1.63. The number of hydrogen-bond acceptors (Lipinski definition) is 4. The largest absolute Gasteiger partial charge is 0.497 e. The SMILES string of the molecule is COc1ccc(CN2CC(CNC(=O)N3CCOCC3)CC2=O)cc1. The first-order chi connectivity index (χ1) is 12.2. The standard InChI is InChI=1S/C18H25N3O4/c1-24-16-4-2-14(3-5-16)12-21-13-15(10-17(21)22)11-19-18(23)20-6-8-25-9-7-20/h2-5,15H,6-13H2,1H3,(H,19,23). The molecule has 1 unspecified atom stereocenters. The Morgan fingerprint density at radius 3 is 2.68 bits per heavy atom. The van der Waals surface area contributed by atoms with E-state index in [1.54, 1.807) is 12.0 Å². The molecule has 0 saturated carbocycles. The van der Waals surface area contributed by atoms with E-state index >= 15 is 0 Å². The average molecular weight is 347 g/mol. The van der Waals surface area contributed by atoms with Crippen LogP contribution in [0.4, 0.5) is 4.79 Å². The summed E-state index contributed by atoms with van der Waals surface area (Å²) in [4.78, 5) is 28.0. The predicted octanol–water partition coefficient (Wildman–Crippen LogP) is 1.09. The van der Waals surface area contributed by atoms with Crippen LogP contribution in [0.25, 0.3) is 0 Å². The first-order valence-corrected chi connectivity index (χ1v) is 8.67. The van der Waals surface area contributed by atoms with Crippen molar-refractivity contribution in [3.63, 3.8) is 0 Å². The zero-order chi connectivity index (χ0) is 17.6. The molecule has 7 heteroatoms. The van der Waals surface area contributed by atoms with Gasteiger partial charge in [-0.25, -0.2) is 4.79 Å². The number of benzene rings is 1. The molecule has 25 heavy (non-hydrogen) atoms. The van der Waals surface area contributed by atoms with Gasteiger partial charge in [-0.15, -0.1) is 0 Å². The van der Waals surface area contributed by atoms with Gasteiger partial charge in [0.15, 0.2) is 0 Å². The average Bonchev–Trinajstić information content (AvgIpc) is 3.00. The maximum atomic E-state index is 12.2. The minimum absolute atomic E-state index is 0.0654. The molecule has 2 aliphatic heterocycles. The molecule has 2 fully saturated rings. The number of carbonyl (C=O) groups excluding carboxylic acids is 2. The van der Waals surface area contributed by atoms with Crippen LogP contribution in [-0.4, -0.2) is 68.2 Å². The number of ether oxygens (including phenoxy) is 2. The van der Waals surface area contributed by atoms with E-state index in [0.29, 0.717) is 52.4 Å². The van der Waals surface area contributed by atoms with Crippen molar-refractivity contribution in [2.24, 2.45) is 5.92 Å². The lowest BCUT2D eigenvalue weighted by atomic mass is 10.1. The smallest absolute Gasteiger partial charge is 0.317 e. The molecular formula is C18H25N3O4. The second-order valence-corrected chi connectivity index (χ2v) is 6.48. The predicted molar refractivity (Wildman–Crippen MR) is 92.3 cm³/mol. The Balaban J connectivity index is 1.45. The van der Waals surface area contributed by atoms with E-state index < -0.39 is 0 Å². The van der Waals surface area contributed by atoms with Gasteiger partial charge in [-0.3, -0.25) is 4.79 Å². The van der Waals surface area contributed by atoms with E-state index in [4.69, 9.17) is 9.47 Å². The van der Waals surface area contributed by atoms with E-state index in [-0.39, 0.29) is 17.9 Å². The molecule has 1 atom stereocenters. The summed E-state index contributed by atoms with van der Waals surface area (Å²) in [6.45, 7) is 4.22. The zero-order valence-corrected chi connectivity index (χ0v) is 14.6. The molecule has 2 aliphatic rings. The molecule has 136 valence electrons. The van der Waals surface area contributed by atoms with Crippen LogP contribution in [0, 0.1) is 5.92 Å². The molecule has 2 saturated heterocycles. The summed E-state index contributed by atoms with van der Waals surface area (Å²) in [6.07, 6.45) is 0.486. The van der Waals surface area contributed by atoms with Gasteiger partial charge in [0.2, 0.25) is 5.91 Å². The fourth-order valence-corrected chi connectivity index (χ4v) is 3.20. The lowest BCUT2D eigenvalue weighted by Gasteiger charge is -2.27. The van der Waals surface area contributed by atoms with E-state index in [0.717, 1.165) is 11.3 Å². The normalized spacial score (nSPS) is 20.7. The Hall–Kier alpha value is -2.28. The lowest BCUT2D eigenvalue weighted by Crippen LogP contribution is -2.47. The van der Waals surface area contributed by atoms with Gasteiger partial charge < -0.3 is 24.6 Å². The molecule has 3 rings (SSSR count). The van der Waals surface area contributed by atoms with Crippen molar-refractivity contribution in [1.29, 1.82) is 0 Å². The van der Waals surface area contributed by atoms with E-state index in [1.807, 2.05) is 29.2 Å². The lowest BCUT2D eigenvalue weighted by molar-refractivity contribution is -0.128. The van der Waals surface area contributed by atoms with Crippen LogP contribution in [0.2, 0.25) is 0 Å². The molecule has 2 heterocycles. The number of hydrogen-bond donors (Lipinski definition) is 1. The van der Waals surface area contributed by atoms with Crippen LogP contribution in [0.5, 0.6) is 5.75 Å². The molecule has 1 aromatic carbocycles. The molecule has 0 bridgehead atoms. The molecule has 1 N–H and O–H groups in total. The van der Waals surface area contributed by atoms with E-state index in [1.165, 1.54) is 0 Å². The van der Waals surface area contributed by atoms with Gasteiger partial charge in [-0.2, -0.15) is 0 Å². The summed E-state index contributed by atoms with van der Waals surface area (Å²) in [6, 6.07) is 7.68. The number of urea groups is 1. The summed E-state index contributed by atoms with van der Waals surface area (Å²) in [5, 5.41) is 2.95. The number of nitrogens with one attached hydrogen (secondary N) is 1. The van der Waals surface area contributed by atoms with Gasteiger partial charge in [0.25, 0.3) is 0 Å². The third-order valence-corrected chi connectivity index (χ3v) is 4.67. The van der Waals surface area contributed by atoms with Crippen LogP contribution < -0.4 is 10.1 Å². The second kappa shape index (κ2) is 8.20. The summed E-state index contributed by atoms with van der Waals surface area (Å²) >= 11 is 0. The van der Waals surface area contributed by atoms with Crippen molar-refractivity contribution in [2.75, 3.05) is 46.5 Å². The number of morpholine rings is 1. The first kappa shape index (κ1) is 17.5. The summed E-state index contributed by atoms with van der Waals surface area (Å²) in [5.74, 6) is 1.11. The van der Waals surface area contributed by atoms with Gasteiger partial charge in [0, 0.05) is 45.1 Å². The Morgan fingerprint density at radius 2 is 2.00 bits per heavy atom. The molecule has 3 amide bonds. The maximum Gasteiger partial charge on any atom is 0.317 e. The van der Waals surface area contributed by atoms with Crippen molar-refractivity contribution < 1.29 is 19.1 Å². The minimum Gasteiger partial charge on any atom is -0.497 e. The van der Waals surface area contributed by atoms with Crippen LogP contribution in [-0.2, 0) is 16.1 Å². The summed E-state index contributed by atoms with van der Waals surface area (Å²) < 4.78 is 10.4. The fraction of sp³-hybridized carbons (Fsp3) is 0.556.